The first kappa shape index (κ1) is 15.9. The van der Waals surface area contributed by atoms with E-state index in [1.165, 1.54) is 35.1 Å². The highest BCUT2D eigenvalue weighted by Crippen LogP contribution is 2.60. The van der Waals surface area contributed by atoms with Gasteiger partial charge in [0.15, 0.2) is 0 Å². The third kappa shape index (κ3) is 1.90. The zero-order chi connectivity index (χ0) is 15.9. The molecule has 5 rings (SSSR count). The summed E-state index contributed by atoms with van der Waals surface area (Å²) in [7, 11) is 0. The molecule has 0 aromatic heterocycles. The third-order valence-corrected chi connectivity index (χ3v) is 9.31. The van der Waals surface area contributed by atoms with Gasteiger partial charge in [0.25, 0.3) is 0 Å². The summed E-state index contributed by atoms with van der Waals surface area (Å²) in [6.45, 7) is 4.79. The van der Waals surface area contributed by atoms with Crippen LogP contribution in [0.25, 0.3) is 0 Å². The Bertz CT molecular complexity index is 695. The van der Waals surface area contributed by atoms with Crippen molar-refractivity contribution in [3.05, 3.63) is 64.4 Å². The Kier molecular flexibility index (Phi) is 3.56. The molecular formula is C18H14Br4. The predicted molar refractivity (Wildman–Crippen MR) is 106 cm³/mol. The Hall–Kier alpha value is 0.360. The fourth-order valence-corrected chi connectivity index (χ4v) is 5.62. The van der Waals surface area contributed by atoms with Gasteiger partial charge in [-0.1, -0.05) is 13.8 Å². The van der Waals surface area contributed by atoms with Crippen molar-refractivity contribution in [1.29, 1.82) is 0 Å². The van der Waals surface area contributed by atoms with Gasteiger partial charge in [-0.3, -0.25) is 0 Å². The second-order valence-electron chi connectivity index (χ2n) is 6.79. The fraction of sp³-hybridized carbons (Fsp3) is 0.333. The van der Waals surface area contributed by atoms with Gasteiger partial charge in [-0.05, 0) is 123 Å². The van der Waals surface area contributed by atoms with Crippen LogP contribution in [0.2, 0.25) is 0 Å². The zero-order valence-corrected chi connectivity index (χ0v) is 18.6. The molecule has 0 nitrogen and oxygen atoms in total. The number of benzene rings is 2. The minimum atomic E-state index is 0.0921. The summed E-state index contributed by atoms with van der Waals surface area (Å²) in [6, 6.07) is 9.26. The van der Waals surface area contributed by atoms with E-state index in [1.54, 1.807) is 0 Å². The van der Waals surface area contributed by atoms with E-state index in [2.05, 4.69) is 102 Å². The van der Waals surface area contributed by atoms with Crippen molar-refractivity contribution in [2.75, 3.05) is 0 Å². The highest BCUT2D eigenvalue weighted by atomic mass is 79.9. The molecule has 2 aromatic carbocycles. The summed E-state index contributed by atoms with van der Waals surface area (Å²) in [5.41, 5.74) is 6.07. The molecular weight excluding hydrogens is 536 g/mol. The number of hydrogen-bond acceptors (Lipinski definition) is 0. The van der Waals surface area contributed by atoms with Crippen LogP contribution in [0.5, 0.6) is 0 Å². The molecule has 2 aromatic rings. The molecule has 0 amide bonds. The molecule has 0 radical (unpaired) electrons. The average molecular weight is 550 g/mol. The van der Waals surface area contributed by atoms with E-state index in [0.29, 0.717) is 0 Å². The monoisotopic (exact) mass is 546 g/mol. The topological polar surface area (TPSA) is 0 Å². The molecule has 0 spiro atoms. The molecule has 0 N–H and O–H groups in total. The van der Waals surface area contributed by atoms with Crippen molar-refractivity contribution in [2.24, 2.45) is 0 Å². The molecule has 22 heavy (non-hydrogen) atoms. The van der Waals surface area contributed by atoms with Gasteiger partial charge < -0.3 is 0 Å². The molecule has 0 saturated heterocycles. The molecule has 0 saturated carbocycles. The number of halogens is 4. The van der Waals surface area contributed by atoms with E-state index in [4.69, 9.17) is 0 Å². The molecule has 3 aliphatic rings. The Balaban J connectivity index is 2.13. The first-order chi connectivity index (χ1) is 10.3. The smallest absolute Gasteiger partial charge is 0.0320 e. The van der Waals surface area contributed by atoms with Crippen LogP contribution in [0.1, 0.15) is 48.9 Å². The Morgan fingerprint density at radius 3 is 1.05 bits per heavy atom. The molecule has 114 valence electrons. The Labute approximate surface area is 164 Å². The van der Waals surface area contributed by atoms with Crippen LogP contribution in [0.3, 0.4) is 0 Å². The largest absolute Gasteiger partial charge is 0.0514 e. The Morgan fingerprint density at radius 2 is 0.818 bits per heavy atom. The van der Waals surface area contributed by atoms with Crippen LogP contribution >= 0.6 is 63.7 Å². The van der Waals surface area contributed by atoms with Crippen molar-refractivity contribution in [3.63, 3.8) is 0 Å². The fourth-order valence-electron chi connectivity index (χ4n) is 4.25. The van der Waals surface area contributed by atoms with Crippen molar-refractivity contribution < 1.29 is 0 Å². The van der Waals surface area contributed by atoms with Crippen LogP contribution in [0.15, 0.2) is 42.2 Å². The second kappa shape index (κ2) is 4.93. The van der Waals surface area contributed by atoms with E-state index in [9.17, 15) is 0 Å². The molecule has 0 atom stereocenters. The van der Waals surface area contributed by atoms with Gasteiger partial charge in [0.05, 0.1) is 0 Å². The number of hydrogen-bond donors (Lipinski definition) is 0. The van der Waals surface area contributed by atoms with Gasteiger partial charge in [0.1, 0.15) is 0 Å². The van der Waals surface area contributed by atoms with Crippen LogP contribution in [-0.2, 0) is 10.8 Å². The van der Waals surface area contributed by atoms with Gasteiger partial charge in [0, 0.05) is 28.7 Å². The number of rotatable bonds is 0. The Morgan fingerprint density at radius 1 is 0.591 bits per heavy atom. The van der Waals surface area contributed by atoms with E-state index in [-0.39, 0.29) is 10.8 Å². The maximum absolute atomic E-state index is 3.69. The summed E-state index contributed by atoms with van der Waals surface area (Å²) in [5.74, 6) is 0. The predicted octanol–water partition coefficient (Wildman–Crippen LogP) is 7.46. The average Bonchev–Trinajstić information content (AvgIpc) is 2.46. The molecule has 3 aliphatic carbocycles. The third-order valence-electron chi connectivity index (χ3n) is 5.62. The second-order valence-corrected chi connectivity index (χ2v) is 10.2. The minimum Gasteiger partial charge on any atom is -0.0514 e. The van der Waals surface area contributed by atoms with E-state index < -0.39 is 0 Å². The van der Waals surface area contributed by atoms with E-state index in [1.807, 2.05) is 0 Å². The van der Waals surface area contributed by atoms with Gasteiger partial charge >= 0.3 is 0 Å². The summed E-state index contributed by atoms with van der Waals surface area (Å²) in [5, 5.41) is 0. The lowest BCUT2D eigenvalue weighted by Crippen LogP contribution is -2.46. The lowest BCUT2D eigenvalue weighted by atomic mass is 9.50. The van der Waals surface area contributed by atoms with Crippen molar-refractivity contribution in [1.82, 2.24) is 0 Å². The van der Waals surface area contributed by atoms with Gasteiger partial charge in [0.2, 0.25) is 0 Å². The SMILES string of the molecule is CC12CCC(C)(c3cc(Br)c(Br)cc31)c1cc(Br)c(Br)cc12. The molecule has 0 heterocycles. The first-order valence-electron chi connectivity index (χ1n) is 7.27. The van der Waals surface area contributed by atoms with Gasteiger partial charge in [-0.25, -0.2) is 0 Å². The summed E-state index contributed by atoms with van der Waals surface area (Å²) < 4.78 is 4.56. The van der Waals surface area contributed by atoms with Crippen LogP contribution in [0.4, 0.5) is 0 Å². The standard InChI is InChI=1S/C18H14Br4/c1-17-3-4-18(2,11-7-15(21)13(19)5-9(11)17)12-8-16(22)14(20)6-10(12)17/h5-8H,3-4H2,1-2H3. The number of fused-ring (bicyclic) bond motifs is 1. The van der Waals surface area contributed by atoms with E-state index >= 15 is 0 Å². The highest BCUT2D eigenvalue weighted by molar-refractivity contribution is 9.13. The molecule has 4 heteroatoms. The molecule has 2 bridgehead atoms. The van der Waals surface area contributed by atoms with E-state index in [0.717, 1.165) is 17.9 Å². The van der Waals surface area contributed by atoms with Gasteiger partial charge in [-0.2, -0.15) is 0 Å². The lowest BCUT2D eigenvalue weighted by Gasteiger charge is -2.53. The quantitative estimate of drug-likeness (QED) is 0.320. The lowest BCUT2D eigenvalue weighted by molar-refractivity contribution is 0.326. The van der Waals surface area contributed by atoms with Crippen molar-refractivity contribution in [3.8, 4) is 0 Å². The van der Waals surface area contributed by atoms with Crippen molar-refractivity contribution in [2.45, 2.75) is 37.5 Å². The normalized spacial score (nSPS) is 28.5. The highest BCUT2D eigenvalue weighted by Gasteiger charge is 2.51. The maximum Gasteiger partial charge on any atom is 0.0320 e. The van der Waals surface area contributed by atoms with Crippen LogP contribution < -0.4 is 0 Å². The molecule has 0 aliphatic heterocycles. The zero-order valence-electron chi connectivity index (χ0n) is 12.2. The molecule has 0 fully saturated rings. The van der Waals surface area contributed by atoms with Gasteiger partial charge in [-0.15, -0.1) is 0 Å². The summed E-state index contributed by atoms with van der Waals surface area (Å²) in [4.78, 5) is 0. The van der Waals surface area contributed by atoms with Crippen LogP contribution in [-0.4, -0.2) is 0 Å². The minimum absolute atomic E-state index is 0.0921. The van der Waals surface area contributed by atoms with Crippen LogP contribution in [0, 0.1) is 0 Å². The summed E-state index contributed by atoms with van der Waals surface area (Å²) >= 11 is 14.8. The molecule has 0 unspecified atom stereocenters. The summed E-state index contributed by atoms with van der Waals surface area (Å²) in [6.07, 6.45) is 2.40. The van der Waals surface area contributed by atoms with Crippen molar-refractivity contribution >= 4 is 63.7 Å². The maximum atomic E-state index is 3.69. The first-order valence-corrected chi connectivity index (χ1v) is 10.4.